The van der Waals surface area contributed by atoms with Crippen molar-refractivity contribution in [2.45, 2.75) is 248 Å². The topological polar surface area (TPSA) is 793 Å². The zero-order valence-electron chi connectivity index (χ0n) is 68.2. The third kappa shape index (κ3) is 37.6. The number of nitrogens with two attached hydrogens (primary N) is 6. The van der Waals surface area contributed by atoms with E-state index >= 15 is 0 Å². The number of carboxylic acids is 3. The zero-order chi connectivity index (χ0) is 90.8. The van der Waals surface area contributed by atoms with Gasteiger partial charge in [-0.05, 0) is 122 Å². The molecule has 0 saturated carbocycles. The van der Waals surface area contributed by atoms with Gasteiger partial charge in [0.2, 0.25) is 82.7 Å². The van der Waals surface area contributed by atoms with Gasteiger partial charge in [-0.3, -0.25) is 86.7 Å². The van der Waals surface area contributed by atoms with Gasteiger partial charge < -0.3 is 149 Å². The average Bonchev–Trinajstić information content (AvgIpc) is 1.61. The molecule has 120 heavy (non-hydrogen) atoms. The minimum Gasteiger partial charge on any atom is -0.481 e. The van der Waals surface area contributed by atoms with E-state index in [0.717, 1.165) is 13.8 Å². The predicted molar refractivity (Wildman–Crippen MR) is 427 cm³/mol. The van der Waals surface area contributed by atoms with E-state index in [2.05, 4.69) is 79.1 Å². The van der Waals surface area contributed by atoms with Gasteiger partial charge in [0.1, 0.15) is 90.6 Å². The highest BCUT2D eigenvalue weighted by atomic mass is 16.4. The number of nitrogens with zero attached hydrogens (tertiary/aromatic N) is 3. The molecule has 1 aliphatic rings. The summed E-state index contributed by atoms with van der Waals surface area (Å²) in [6.45, 7) is 6.16. The summed E-state index contributed by atoms with van der Waals surface area (Å²) in [5.41, 5.74) is 34.1. The van der Waals surface area contributed by atoms with Gasteiger partial charge >= 0.3 is 17.9 Å². The van der Waals surface area contributed by atoms with Crippen molar-refractivity contribution in [3.05, 3.63) is 35.9 Å². The summed E-state index contributed by atoms with van der Waals surface area (Å²) in [6, 6.07) is -16.5. The molecular weight excluding hydrogens is 1580 g/mol. The van der Waals surface area contributed by atoms with Gasteiger partial charge in [0, 0.05) is 38.9 Å². The van der Waals surface area contributed by atoms with Crippen molar-refractivity contribution in [2.75, 3.05) is 46.0 Å². The summed E-state index contributed by atoms with van der Waals surface area (Å²) in [5.74, 6) is -21.5. The quantitative estimate of drug-likeness (QED) is 0.0164. The number of likely N-dealkylation sites (tertiary alicyclic amines) is 1. The normalized spacial score (nSPS) is 16.4. The van der Waals surface area contributed by atoms with Crippen molar-refractivity contribution in [3.63, 3.8) is 0 Å². The molecule has 0 aromatic heterocycles. The molecule has 0 spiro atoms. The SMILES string of the molecule is CC(C)C[C@H](NC(=O)[C@@H](N)[C@@H](C)O)C(=O)N[C@H](C(=O)N[C@@H](CCCN=C(N)N)C(=O)N[C@@H](CO)C(=O)N[C@@H](C)C(=O)N[C@@H](CO)C(=O)N[C@@H](CCC(=O)O)C(=O)N[C@H](C(=O)N[C@@H](CO)C(=O)N[C@@H](CCC(=O)O)C(=O)N[C@@H](CCCCN)C(=O)N[C@@H](CCCN=C(N)N)C(=O)N1CCC[C@H]1C(=O)N[C@@H](Cc1ccccc1)C(=O)O)[C@@H](C)O)C(C)C. The van der Waals surface area contributed by atoms with E-state index in [1.54, 1.807) is 58.0 Å². The van der Waals surface area contributed by atoms with Crippen LogP contribution in [-0.2, 0) is 87.9 Å². The first-order chi connectivity index (χ1) is 56.4. The fourth-order valence-electron chi connectivity index (χ4n) is 12.0. The highest BCUT2D eigenvalue weighted by Crippen LogP contribution is 2.22. The number of hydrogen-bond donors (Lipinski definition) is 27. The molecule has 0 aliphatic carbocycles. The van der Waals surface area contributed by atoms with Crippen molar-refractivity contribution < 1.29 is 122 Å². The summed E-state index contributed by atoms with van der Waals surface area (Å²) >= 11 is 0. The summed E-state index contributed by atoms with van der Waals surface area (Å²) in [4.78, 5) is 240. The number of rotatable bonds is 56. The first-order valence-electron chi connectivity index (χ1n) is 39.1. The van der Waals surface area contributed by atoms with Crippen LogP contribution in [0.3, 0.4) is 0 Å². The second-order valence-electron chi connectivity index (χ2n) is 29.5. The Morgan fingerprint density at radius 1 is 0.442 bits per heavy atom. The standard InChI is InChI=1S/C73H122N22O25/c1-35(2)30-46(88-67(115)54(75)38(6)99)62(110)93-55(36(3)4)68(116)86-42(19-13-27-80-72(76)77)59(107)91-48(32-96)63(111)82-37(5)57(105)90-49(33-97)64(112)85-44(23-25-53(103)104)61(109)94-56(39(7)100)69(117)92-50(34-98)65(113)84-43(22-24-52(101)102)60(108)83-41(18-11-12-26-74)58(106)87-45(20-14-28-81-73(78)79)70(118)95-29-15-21-51(95)66(114)89-47(71(119)120)31-40-16-9-8-10-17-40/h8-10,16-17,35-39,41-51,54-56,96-100H,11-15,18-34,74-75H2,1-7H3,(H,82,111)(H,83,108)(H,84,113)(H,85,112)(H,86,116)(H,87,106)(H,88,115)(H,89,114)(H,90,105)(H,91,107)(H,92,117)(H,93,110)(H,94,109)(H,101,102)(H,103,104)(H,119,120)(H4,76,77,80)(H4,78,79,81)/t37-,38+,39+,41-,42-,43-,44-,45-,46-,47-,48-,49-,50-,51-,54-,55-,56-/m0/s1. The third-order valence-corrected chi connectivity index (χ3v) is 18.7. The number of amides is 14. The van der Waals surface area contributed by atoms with Gasteiger partial charge in [0.05, 0.1) is 32.0 Å². The molecule has 1 aromatic rings. The molecule has 0 unspecified atom stereocenters. The third-order valence-electron chi connectivity index (χ3n) is 18.7. The van der Waals surface area contributed by atoms with E-state index in [4.69, 9.17) is 34.4 Å². The van der Waals surface area contributed by atoms with Crippen LogP contribution in [0.5, 0.6) is 0 Å². The molecule has 0 bridgehead atoms. The lowest BCUT2D eigenvalue weighted by atomic mass is 9.99. The highest BCUT2D eigenvalue weighted by Gasteiger charge is 2.42. The minimum absolute atomic E-state index is 0.00141. The van der Waals surface area contributed by atoms with Crippen molar-refractivity contribution in [1.29, 1.82) is 0 Å². The smallest absolute Gasteiger partial charge is 0.326 e. The van der Waals surface area contributed by atoms with Crippen LogP contribution in [-0.4, -0.2) is 307 Å². The molecule has 1 saturated heterocycles. The molecule has 47 nitrogen and oxygen atoms in total. The van der Waals surface area contributed by atoms with Crippen molar-refractivity contribution in [2.24, 2.45) is 56.2 Å². The van der Waals surface area contributed by atoms with Crippen LogP contribution in [0.4, 0.5) is 0 Å². The predicted octanol–water partition coefficient (Wildman–Crippen LogP) is -10.6. The van der Waals surface area contributed by atoms with Crippen molar-refractivity contribution in [1.82, 2.24) is 74.0 Å². The van der Waals surface area contributed by atoms with Gasteiger partial charge in [-0.1, -0.05) is 58.0 Å². The van der Waals surface area contributed by atoms with Crippen LogP contribution in [0.1, 0.15) is 144 Å². The zero-order valence-corrected chi connectivity index (χ0v) is 68.2. The number of aliphatic imine (C=N–C) groups is 2. The van der Waals surface area contributed by atoms with Crippen LogP contribution >= 0.6 is 0 Å². The van der Waals surface area contributed by atoms with Crippen LogP contribution in [0.25, 0.3) is 0 Å². The van der Waals surface area contributed by atoms with Gasteiger partial charge in [-0.25, -0.2) is 4.79 Å². The second-order valence-corrected chi connectivity index (χ2v) is 29.5. The molecule has 0 radical (unpaired) electrons. The van der Waals surface area contributed by atoms with E-state index in [1.165, 1.54) is 11.8 Å². The number of unbranched alkanes of at least 4 members (excludes halogenated alkanes) is 1. The number of aliphatic hydroxyl groups excluding tert-OH is 5. The molecule has 17 atom stereocenters. The molecule has 2 rings (SSSR count). The Labute approximate surface area is 692 Å². The lowest BCUT2D eigenvalue weighted by Gasteiger charge is -2.31. The Kier molecular flexibility index (Phi) is 46.9. The molecule has 1 aliphatic heterocycles. The van der Waals surface area contributed by atoms with E-state index in [0.29, 0.717) is 12.0 Å². The molecule has 1 aromatic carbocycles. The van der Waals surface area contributed by atoms with Crippen LogP contribution < -0.4 is 104 Å². The number of carboxylic acid groups (broad SMARTS) is 3. The maximum atomic E-state index is 14.5. The number of aliphatic carboxylic acids is 3. The van der Waals surface area contributed by atoms with E-state index in [-0.39, 0.29) is 108 Å². The molecule has 47 heteroatoms. The molecule has 1 heterocycles. The van der Waals surface area contributed by atoms with Gasteiger partial charge in [-0.2, -0.15) is 0 Å². The molecular formula is C73H122N22O25. The fraction of sp³-hybridized carbons (Fsp3) is 0.658. The van der Waals surface area contributed by atoms with Gasteiger partial charge in [0.25, 0.3) is 0 Å². The number of carbonyl (C=O) groups excluding carboxylic acids is 14. The summed E-state index contributed by atoms with van der Waals surface area (Å²) in [6.07, 6.45) is -6.16. The van der Waals surface area contributed by atoms with Gasteiger partial charge in [0.15, 0.2) is 11.9 Å². The summed E-state index contributed by atoms with van der Waals surface area (Å²) < 4.78 is 0. The molecule has 33 N–H and O–H groups in total. The Morgan fingerprint density at radius 2 is 0.833 bits per heavy atom. The van der Waals surface area contributed by atoms with E-state index < -0.39 is 255 Å². The average molecular weight is 1710 g/mol. The molecule has 1 fully saturated rings. The fourth-order valence-corrected chi connectivity index (χ4v) is 12.0. The lowest BCUT2D eigenvalue weighted by molar-refractivity contribution is -0.145. The Morgan fingerprint density at radius 3 is 1.27 bits per heavy atom. The number of hydrogen-bond acceptors (Lipinski definition) is 26. The first-order valence-corrected chi connectivity index (χ1v) is 39.1. The summed E-state index contributed by atoms with van der Waals surface area (Å²) in [7, 11) is 0. The largest absolute Gasteiger partial charge is 0.481 e. The Hall–Kier alpha value is -11.5. The van der Waals surface area contributed by atoms with E-state index in [1.807, 2.05) is 0 Å². The number of nitrogens with one attached hydrogen (secondary N) is 13. The number of benzene rings is 1. The minimum atomic E-state index is -2.16. The van der Waals surface area contributed by atoms with Crippen LogP contribution in [0.15, 0.2) is 40.3 Å². The van der Waals surface area contributed by atoms with Crippen molar-refractivity contribution in [3.8, 4) is 0 Å². The molecule has 14 amide bonds. The van der Waals surface area contributed by atoms with Crippen molar-refractivity contribution >= 4 is 113 Å². The lowest BCUT2D eigenvalue weighted by Crippen LogP contribution is -2.63. The number of aliphatic hydroxyl groups is 5. The molecule has 674 valence electrons. The monoisotopic (exact) mass is 1710 g/mol. The number of guanidine groups is 2. The van der Waals surface area contributed by atoms with Gasteiger partial charge in [-0.15, -0.1) is 0 Å². The Bertz CT molecular complexity index is 3680. The van der Waals surface area contributed by atoms with E-state index in [9.17, 15) is 122 Å². The summed E-state index contributed by atoms with van der Waals surface area (Å²) in [5, 5.41) is 111. The first kappa shape index (κ1) is 105. The Balaban J connectivity index is 2.37. The van der Waals surface area contributed by atoms with Crippen LogP contribution in [0, 0.1) is 11.8 Å². The maximum Gasteiger partial charge on any atom is 0.326 e. The maximum absolute atomic E-state index is 14.5. The second kappa shape index (κ2) is 53.8. The highest BCUT2D eigenvalue weighted by molar-refractivity contribution is 6.01. The number of carbonyl (C=O) groups is 17. The van der Waals surface area contributed by atoms with Crippen LogP contribution in [0.2, 0.25) is 0 Å².